The van der Waals surface area contributed by atoms with Gasteiger partial charge in [-0.05, 0) is 18.2 Å². The smallest absolute Gasteiger partial charge is 0.358 e. The molecule has 224 valence electrons. The van der Waals surface area contributed by atoms with E-state index in [-0.39, 0.29) is 36.5 Å². The molecule has 1 aromatic carbocycles. The number of carbonyl (C=O) groups is 4. The van der Waals surface area contributed by atoms with Crippen LogP contribution in [0.3, 0.4) is 0 Å². The summed E-state index contributed by atoms with van der Waals surface area (Å²) in [6.07, 6.45) is -3.40. The second-order valence-electron chi connectivity index (χ2n) is 8.29. The third kappa shape index (κ3) is 11.5. The predicted molar refractivity (Wildman–Crippen MR) is 139 cm³/mol. The number of esters is 4. The largest absolute Gasteiger partial charge is 0.463 e. The number of benzene rings is 1. The van der Waals surface area contributed by atoms with Crippen molar-refractivity contribution >= 4 is 47.0 Å². The molecule has 1 aliphatic rings. The molecule has 1 aromatic rings. The van der Waals surface area contributed by atoms with Crippen molar-refractivity contribution < 1.29 is 62.0 Å². The number of thiocarbonyl (C=S) groups is 1. The van der Waals surface area contributed by atoms with E-state index in [0.717, 1.165) is 20.8 Å². The van der Waals surface area contributed by atoms with Crippen molar-refractivity contribution in [1.29, 1.82) is 0 Å². The molecule has 0 bridgehead atoms. The van der Waals surface area contributed by atoms with Gasteiger partial charge in [-0.15, -0.1) is 0 Å². The number of non-ortho nitro benzene ring substituents is 1. The third-order valence-electron chi connectivity index (χ3n) is 5.02. The summed E-state index contributed by atoms with van der Waals surface area (Å²) in [6, 6.07) is 5.24. The Morgan fingerprint density at radius 2 is 1.41 bits per heavy atom. The minimum Gasteiger partial charge on any atom is -0.463 e. The number of ether oxygens (including phenoxy) is 8. The van der Waals surface area contributed by atoms with Crippen LogP contribution in [0.2, 0.25) is 0 Å². The molecular formula is C25H29NO14S. The van der Waals surface area contributed by atoms with E-state index < -0.39 is 59.5 Å². The predicted octanol–water partition coefficient (Wildman–Crippen LogP) is 1.93. The normalized spacial score (nSPS) is 21.8. The minimum atomic E-state index is -1.35. The molecule has 0 aliphatic carbocycles. The molecule has 41 heavy (non-hydrogen) atoms. The van der Waals surface area contributed by atoms with Gasteiger partial charge >= 0.3 is 29.1 Å². The van der Waals surface area contributed by atoms with Crippen LogP contribution in [0.1, 0.15) is 27.7 Å². The second kappa shape index (κ2) is 16.2. The molecule has 16 heteroatoms. The quantitative estimate of drug-likeness (QED) is 0.0846. The Morgan fingerprint density at radius 3 is 1.98 bits per heavy atom. The highest BCUT2D eigenvalue weighted by molar-refractivity contribution is 7.79. The van der Waals surface area contributed by atoms with Gasteiger partial charge in [-0.1, -0.05) is 6.08 Å². The van der Waals surface area contributed by atoms with Crippen LogP contribution in [0.15, 0.2) is 36.4 Å². The van der Waals surface area contributed by atoms with Crippen LogP contribution < -0.4 is 4.74 Å². The lowest BCUT2D eigenvalue weighted by atomic mass is 9.98. The lowest BCUT2D eigenvalue weighted by molar-refractivity contribution is -0.384. The number of rotatable bonds is 12. The Morgan fingerprint density at radius 1 is 0.854 bits per heavy atom. The lowest BCUT2D eigenvalue weighted by Gasteiger charge is -2.43. The van der Waals surface area contributed by atoms with Crippen molar-refractivity contribution in [3.8, 4) is 5.75 Å². The second-order valence-corrected chi connectivity index (χ2v) is 8.62. The molecule has 2 rings (SSSR count). The molecule has 0 spiro atoms. The minimum absolute atomic E-state index is 0.0340. The zero-order chi connectivity index (χ0) is 30.5. The zero-order valence-electron chi connectivity index (χ0n) is 22.5. The number of carbonyl (C=O) groups excluding carboxylic acids is 4. The topological polar surface area (TPSA) is 185 Å². The highest BCUT2D eigenvalue weighted by atomic mass is 32.1. The maximum atomic E-state index is 11.9. The van der Waals surface area contributed by atoms with Crippen LogP contribution in [0.5, 0.6) is 5.75 Å². The highest BCUT2D eigenvalue weighted by Crippen LogP contribution is 2.30. The maximum Gasteiger partial charge on any atom is 0.358 e. The average Bonchev–Trinajstić information content (AvgIpc) is 2.87. The van der Waals surface area contributed by atoms with E-state index in [0.29, 0.717) is 0 Å². The van der Waals surface area contributed by atoms with E-state index in [4.69, 9.17) is 50.1 Å². The van der Waals surface area contributed by atoms with Gasteiger partial charge in [0.25, 0.3) is 5.69 Å². The Balaban J connectivity index is 2.04. The first-order valence-corrected chi connectivity index (χ1v) is 12.4. The van der Waals surface area contributed by atoms with Gasteiger partial charge in [0, 0.05) is 52.0 Å². The van der Waals surface area contributed by atoms with Gasteiger partial charge in [-0.2, -0.15) is 0 Å². The molecule has 0 unspecified atom stereocenters. The molecule has 1 heterocycles. The monoisotopic (exact) mass is 599 g/mol. The molecule has 1 fully saturated rings. The SMILES string of the molecule is CC(=O)OC[C@H]1O[C@@H](OC/C=C\COC(=S)Oc2ccc([N+](=O)[O-])cc2)[C@H](OC(C)=O)[C@@H](OC(C)=O)[C@@H]1OC(C)=O. The van der Waals surface area contributed by atoms with Crippen molar-refractivity contribution in [1.82, 2.24) is 0 Å². The van der Waals surface area contributed by atoms with Gasteiger partial charge in [0.05, 0.1) is 11.5 Å². The summed E-state index contributed by atoms with van der Waals surface area (Å²) in [5.74, 6) is -2.66. The van der Waals surface area contributed by atoms with Crippen LogP contribution in [0, 0.1) is 10.1 Å². The van der Waals surface area contributed by atoms with Crippen LogP contribution in [0.25, 0.3) is 0 Å². The molecule has 0 radical (unpaired) electrons. The molecule has 0 amide bonds. The highest BCUT2D eigenvalue weighted by Gasteiger charge is 2.52. The first-order chi connectivity index (χ1) is 19.4. The standard InChI is InChI=1S/C25H29NO14S/c1-14(27)35-13-20-21(36-15(2)28)22(37-16(3)29)23(38-17(4)30)24(40-20)33-11-5-6-12-34-25(41)39-19-9-7-18(8-10-19)26(31)32/h5-10,20-24H,11-13H2,1-4H3/b6-5-/t20-,21-,22+,23-,24-/m1/s1. The number of hydrogen-bond donors (Lipinski definition) is 0. The molecule has 1 saturated heterocycles. The summed E-state index contributed by atoms with van der Waals surface area (Å²) < 4.78 is 43.0. The molecule has 15 nitrogen and oxygen atoms in total. The first kappa shape index (κ1) is 33.1. The van der Waals surface area contributed by atoms with Gasteiger partial charge < -0.3 is 37.9 Å². The summed E-state index contributed by atoms with van der Waals surface area (Å²) in [6.45, 7) is 3.98. The van der Waals surface area contributed by atoms with E-state index >= 15 is 0 Å². The molecular weight excluding hydrogens is 570 g/mol. The van der Waals surface area contributed by atoms with Gasteiger partial charge in [-0.3, -0.25) is 29.3 Å². The maximum absolute atomic E-state index is 11.9. The van der Waals surface area contributed by atoms with Crippen molar-refractivity contribution in [2.75, 3.05) is 19.8 Å². The molecule has 0 N–H and O–H groups in total. The Bertz CT molecular complexity index is 1140. The van der Waals surface area contributed by atoms with Crippen LogP contribution >= 0.6 is 12.2 Å². The Hall–Kier alpha value is -4.15. The van der Waals surface area contributed by atoms with Gasteiger partial charge in [0.15, 0.2) is 24.6 Å². The molecule has 1 aliphatic heterocycles. The Labute approximate surface area is 239 Å². The fourth-order valence-electron chi connectivity index (χ4n) is 3.49. The summed E-state index contributed by atoms with van der Waals surface area (Å²) in [5.41, 5.74) is -0.108. The van der Waals surface area contributed by atoms with E-state index in [9.17, 15) is 29.3 Å². The molecule has 0 saturated carbocycles. The zero-order valence-corrected chi connectivity index (χ0v) is 23.4. The summed E-state index contributed by atoms with van der Waals surface area (Å²) in [4.78, 5) is 57.0. The fraction of sp³-hybridized carbons (Fsp3) is 0.480. The van der Waals surface area contributed by atoms with Gasteiger partial charge in [0.1, 0.15) is 25.1 Å². The van der Waals surface area contributed by atoms with Gasteiger partial charge in [0.2, 0.25) is 0 Å². The number of hydrogen-bond acceptors (Lipinski definition) is 15. The number of nitrogens with zero attached hydrogens (tertiary/aromatic N) is 1. The van der Waals surface area contributed by atoms with E-state index in [1.54, 1.807) is 0 Å². The van der Waals surface area contributed by atoms with Crippen molar-refractivity contribution in [2.45, 2.75) is 58.4 Å². The first-order valence-electron chi connectivity index (χ1n) is 12.0. The van der Waals surface area contributed by atoms with Crippen molar-refractivity contribution in [3.63, 3.8) is 0 Å². The summed E-state index contributed by atoms with van der Waals surface area (Å²) in [7, 11) is 0. The van der Waals surface area contributed by atoms with Crippen LogP contribution in [0.4, 0.5) is 5.69 Å². The van der Waals surface area contributed by atoms with Crippen molar-refractivity contribution in [3.05, 3.63) is 46.5 Å². The van der Waals surface area contributed by atoms with E-state index in [2.05, 4.69) is 0 Å². The Kier molecular flexibility index (Phi) is 13.1. The average molecular weight is 600 g/mol. The van der Waals surface area contributed by atoms with Crippen LogP contribution in [-0.4, -0.2) is 84.6 Å². The summed E-state index contributed by atoms with van der Waals surface area (Å²) >= 11 is 4.98. The van der Waals surface area contributed by atoms with E-state index in [1.165, 1.54) is 43.3 Å². The fourth-order valence-corrected chi connectivity index (χ4v) is 3.65. The molecule has 0 aromatic heterocycles. The van der Waals surface area contributed by atoms with Gasteiger partial charge in [-0.25, -0.2) is 0 Å². The van der Waals surface area contributed by atoms with Crippen LogP contribution in [-0.2, 0) is 52.3 Å². The number of nitro benzene ring substituents is 1. The summed E-state index contributed by atoms with van der Waals surface area (Å²) in [5, 5.41) is 10.5. The number of nitro groups is 1. The third-order valence-corrected chi connectivity index (χ3v) is 5.22. The van der Waals surface area contributed by atoms with Crippen molar-refractivity contribution in [2.24, 2.45) is 0 Å². The lowest BCUT2D eigenvalue weighted by Crippen LogP contribution is -2.62. The van der Waals surface area contributed by atoms with E-state index in [1.807, 2.05) is 0 Å². The molecule has 5 atom stereocenters.